The molecule has 8 rings (SSSR count). The molecule has 16 heteroatoms. The van der Waals surface area contributed by atoms with Crippen molar-refractivity contribution in [3.05, 3.63) is 76.5 Å². The van der Waals surface area contributed by atoms with Crippen molar-refractivity contribution in [2.45, 2.75) is 108 Å². The molecule has 14 nitrogen and oxygen atoms in total. The van der Waals surface area contributed by atoms with Crippen LogP contribution in [0.4, 0.5) is 14.7 Å². The number of nitrogens with zero attached hydrogens (tertiary/aromatic N) is 7. The maximum Gasteiger partial charge on any atom is 0.329 e. The summed E-state index contributed by atoms with van der Waals surface area (Å²) in [7, 11) is 1.71. The molecule has 2 atom stereocenters. The molecule has 1 aliphatic carbocycles. The number of amides is 2. The number of carbonyl (C=O) groups is 2. The Morgan fingerprint density at radius 2 is 1.65 bits per heavy atom. The Labute approximate surface area is 360 Å². The number of benzene rings is 2. The third kappa shape index (κ3) is 10.1. The van der Waals surface area contributed by atoms with Crippen molar-refractivity contribution in [2.24, 2.45) is 7.05 Å². The van der Waals surface area contributed by atoms with E-state index in [9.17, 15) is 28.3 Å². The quantitative estimate of drug-likeness (QED) is 0.0772. The summed E-state index contributed by atoms with van der Waals surface area (Å²) in [5, 5.41) is 16.5. The number of piperazine rings is 1. The molecule has 2 aliphatic heterocycles. The van der Waals surface area contributed by atoms with Crippen LogP contribution in [0.15, 0.2) is 59.7 Å². The molecule has 62 heavy (non-hydrogen) atoms. The van der Waals surface area contributed by atoms with Crippen LogP contribution in [0.3, 0.4) is 0 Å². The van der Waals surface area contributed by atoms with Crippen LogP contribution in [0.2, 0.25) is 0 Å². The topological polar surface area (TPSA) is 152 Å². The molecule has 5 aromatic rings. The highest BCUT2D eigenvalue weighted by Crippen LogP contribution is 2.37. The van der Waals surface area contributed by atoms with Crippen LogP contribution >= 0.6 is 0 Å². The first-order valence-corrected chi connectivity index (χ1v) is 22.3. The van der Waals surface area contributed by atoms with Crippen molar-refractivity contribution in [3.63, 3.8) is 0 Å². The first-order chi connectivity index (χ1) is 30.0. The fraction of sp³-hybridized carbons (Fsp3) is 0.543. The second-order valence-corrected chi connectivity index (χ2v) is 17.4. The van der Waals surface area contributed by atoms with Gasteiger partial charge in [-0.15, -0.1) is 0 Å². The van der Waals surface area contributed by atoms with E-state index in [-0.39, 0.29) is 36.6 Å². The number of carbonyl (C=O) groups excluding carboxylic acids is 2. The van der Waals surface area contributed by atoms with Crippen LogP contribution in [-0.4, -0.2) is 115 Å². The number of hydrogen-bond donors (Lipinski definition) is 3. The smallest absolute Gasteiger partial charge is 0.329 e. The van der Waals surface area contributed by atoms with E-state index in [4.69, 9.17) is 9.72 Å². The number of imidazole rings is 1. The molecule has 1 saturated carbocycles. The van der Waals surface area contributed by atoms with Gasteiger partial charge in [0.05, 0.1) is 17.1 Å². The number of imide groups is 1. The number of piperidine rings is 1. The predicted octanol–water partition coefficient (Wildman–Crippen LogP) is 5.82. The molecule has 3 N–H and O–H groups in total. The van der Waals surface area contributed by atoms with E-state index in [0.717, 1.165) is 117 Å². The lowest BCUT2D eigenvalue weighted by atomic mass is 9.93. The third-order valence-electron chi connectivity index (χ3n) is 12.9. The molecule has 3 aromatic heterocycles. The van der Waals surface area contributed by atoms with Crippen LogP contribution in [0, 0.1) is 0 Å². The number of aliphatic hydroxyl groups excluding tert-OH is 1. The Hall–Kier alpha value is -5.03. The van der Waals surface area contributed by atoms with Gasteiger partial charge in [-0.05, 0) is 87.1 Å². The fourth-order valence-electron chi connectivity index (χ4n) is 9.37. The number of aliphatic hydroxyl groups is 1. The number of rotatable bonds is 17. The number of aromatic nitrogens is 5. The second kappa shape index (κ2) is 19.6. The first kappa shape index (κ1) is 43.6. The zero-order chi connectivity index (χ0) is 43.3. The van der Waals surface area contributed by atoms with Gasteiger partial charge in [0.2, 0.25) is 24.2 Å². The number of hydrogen-bond acceptors (Lipinski definition) is 10. The van der Waals surface area contributed by atoms with Crippen LogP contribution < -0.4 is 16.3 Å². The summed E-state index contributed by atoms with van der Waals surface area (Å²) < 4.78 is 37.3. The van der Waals surface area contributed by atoms with Crippen LogP contribution in [0.1, 0.15) is 87.9 Å². The standard InChI is InChI=1S/C46H59F2N9O5/c1-30(25-41(47)48)50-45-49-27-36-37(29-56(43(36)52-45)34-11-13-35(58)14-12-34)33-9-6-32(7-10-33)28-55-21-19-54(20-22-55)18-4-24-62-23-3-5-31-8-15-38-40(26-31)53(2)46(61)57(38)39-16-17-42(59)51-44(39)60/h6-10,15,26-27,29-30,34-35,39,41,58H,3-5,11-14,16-25,28H2,1-2H3,(H,49,50,52)(H,51,59,60)/t30-,34-,35-,39?/m1/s1. The van der Waals surface area contributed by atoms with E-state index in [1.807, 2.05) is 18.2 Å². The van der Waals surface area contributed by atoms with E-state index in [1.165, 1.54) is 10.1 Å². The van der Waals surface area contributed by atoms with Crippen molar-refractivity contribution in [1.82, 2.24) is 38.8 Å². The van der Waals surface area contributed by atoms with E-state index in [1.54, 1.807) is 24.7 Å². The lowest BCUT2D eigenvalue weighted by molar-refractivity contribution is -0.135. The highest BCUT2D eigenvalue weighted by atomic mass is 19.3. The minimum atomic E-state index is -2.41. The van der Waals surface area contributed by atoms with E-state index >= 15 is 0 Å². The monoisotopic (exact) mass is 855 g/mol. The normalized spacial score (nSPS) is 21.0. The third-order valence-corrected chi connectivity index (χ3v) is 12.9. The van der Waals surface area contributed by atoms with Crippen molar-refractivity contribution in [2.75, 3.05) is 51.3 Å². The molecular weight excluding hydrogens is 797 g/mol. The minimum Gasteiger partial charge on any atom is -0.393 e. The molecule has 0 spiro atoms. The summed E-state index contributed by atoms with van der Waals surface area (Å²) in [5.74, 6) is -0.390. The summed E-state index contributed by atoms with van der Waals surface area (Å²) in [6.07, 6.45) is 7.33. The molecule has 1 unspecified atom stereocenters. The van der Waals surface area contributed by atoms with E-state index in [2.05, 4.69) is 60.4 Å². The molecule has 2 saturated heterocycles. The lowest BCUT2D eigenvalue weighted by Crippen LogP contribution is -2.46. The Kier molecular flexibility index (Phi) is 13.8. The molecular formula is C46H59F2N9O5. The molecule has 5 heterocycles. The first-order valence-electron chi connectivity index (χ1n) is 22.3. The number of aryl methyl sites for hydroxylation is 2. The zero-order valence-corrected chi connectivity index (χ0v) is 35.8. The van der Waals surface area contributed by atoms with Gasteiger partial charge in [-0.1, -0.05) is 30.3 Å². The fourth-order valence-corrected chi connectivity index (χ4v) is 9.37. The van der Waals surface area contributed by atoms with Crippen molar-refractivity contribution >= 4 is 39.8 Å². The maximum atomic E-state index is 13.1. The summed E-state index contributed by atoms with van der Waals surface area (Å²) in [4.78, 5) is 51.6. The molecule has 332 valence electrons. The van der Waals surface area contributed by atoms with Crippen LogP contribution in [0.25, 0.3) is 33.2 Å². The van der Waals surface area contributed by atoms with Crippen LogP contribution in [0.5, 0.6) is 0 Å². The highest BCUT2D eigenvalue weighted by molar-refractivity contribution is 6.00. The summed E-state index contributed by atoms with van der Waals surface area (Å²) in [6, 6.07) is 13.7. The molecule has 0 radical (unpaired) electrons. The van der Waals surface area contributed by atoms with Gasteiger partial charge >= 0.3 is 5.69 Å². The zero-order valence-electron chi connectivity index (χ0n) is 35.8. The van der Waals surface area contributed by atoms with Gasteiger partial charge in [-0.2, -0.15) is 4.98 Å². The molecule has 2 aromatic carbocycles. The number of halogens is 2. The Balaban J connectivity index is 0.774. The molecule has 3 fully saturated rings. The number of ether oxygens (including phenoxy) is 1. The highest BCUT2D eigenvalue weighted by Gasteiger charge is 2.31. The number of anilines is 1. The Bertz CT molecular complexity index is 2400. The summed E-state index contributed by atoms with van der Waals surface area (Å²) in [6.45, 7) is 9.01. The van der Waals surface area contributed by atoms with Gasteiger partial charge < -0.3 is 24.6 Å². The van der Waals surface area contributed by atoms with Gasteiger partial charge in [-0.25, -0.2) is 18.6 Å². The minimum absolute atomic E-state index is 0.191. The van der Waals surface area contributed by atoms with Gasteiger partial charge in [0.25, 0.3) is 0 Å². The van der Waals surface area contributed by atoms with Gasteiger partial charge in [-0.3, -0.25) is 28.9 Å². The molecule has 0 bridgehead atoms. The summed E-state index contributed by atoms with van der Waals surface area (Å²) in [5.41, 5.74) is 6.46. The molecule has 3 aliphatic rings. The average Bonchev–Trinajstić information content (AvgIpc) is 3.74. The van der Waals surface area contributed by atoms with Crippen LogP contribution in [-0.2, 0) is 34.3 Å². The largest absolute Gasteiger partial charge is 0.393 e. The lowest BCUT2D eigenvalue weighted by Gasteiger charge is -2.34. The number of alkyl halides is 2. The average molecular weight is 856 g/mol. The van der Waals surface area contributed by atoms with Gasteiger partial charge in [0.1, 0.15) is 11.7 Å². The van der Waals surface area contributed by atoms with Crippen molar-refractivity contribution in [1.29, 1.82) is 0 Å². The van der Waals surface area contributed by atoms with E-state index < -0.39 is 24.4 Å². The number of fused-ring (bicyclic) bond motifs is 2. The van der Waals surface area contributed by atoms with Crippen molar-refractivity contribution < 1.29 is 28.2 Å². The number of nitrogens with one attached hydrogen (secondary N) is 2. The predicted molar refractivity (Wildman–Crippen MR) is 234 cm³/mol. The Morgan fingerprint density at radius 1 is 0.919 bits per heavy atom. The maximum absolute atomic E-state index is 13.1. The molecule has 2 amide bonds. The SMILES string of the molecule is C[C@H](CC(F)F)Nc1ncc2c(-c3ccc(CN4CCN(CCCOCCCc5ccc6c(c5)n(C)c(=O)n6C5CCC(=O)NC5=O)CC4)cc3)cn([C@H]3CC[C@H](O)CC3)c2n1. The summed E-state index contributed by atoms with van der Waals surface area (Å²) >= 11 is 0. The van der Waals surface area contributed by atoms with Gasteiger partial charge in [0.15, 0.2) is 0 Å². The Morgan fingerprint density at radius 3 is 2.39 bits per heavy atom. The van der Waals surface area contributed by atoms with Gasteiger partial charge in [0, 0.05) is 108 Å². The van der Waals surface area contributed by atoms with Crippen molar-refractivity contribution in [3.8, 4) is 11.1 Å². The second-order valence-electron chi connectivity index (χ2n) is 17.4. The van der Waals surface area contributed by atoms with E-state index in [0.29, 0.717) is 31.1 Å².